The Hall–Kier alpha value is -1.84. The van der Waals surface area contributed by atoms with Crippen molar-refractivity contribution in [1.82, 2.24) is 9.97 Å². The molecular formula is C13H14BN2O. The van der Waals surface area contributed by atoms with E-state index in [4.69, 9.17) is 4.74 Å². The van der Waals surface area contributed by atoms with Gasteiger partial charge < -0.3 is 4.74 Å². The van der Waals surface area contributed by atoms with Crippen LogP contribution >= 0.6 is 0 Å². The Kier molecular flexibility index (Phi) is 3.75. The molecule has 0 aliphatic heterocycles. The lowest BCUT2D eigenvalue weighted by molar-refractivity contribution is 0.385. The number of benzene rings is 1. The molecule has 0 aliphatic carbocycles. The number of hydrogen-bond acceptors (Lipinski definition) is 3. The maximum absolute atomic E-state index is 5.47. The maximum atomic E-state index is 5.47. The number of hydrogen-bond donors (Lipinski definition) is 0. The van der Waals surface area contributed by atoms with Crippen LogP contribution in [-0.2, 0) is 0 Å². The van der Waals surface area contributed by atoms with Gasteiger partial charge in [0.05, 0.1) is 6.51 Å². The summed E-state index contributed by atoms with van der Waals surface area (Å²) < 4.78 is 5.47. The smallest absolute Gasteiger partial charge is 0.159 e. The third kappa shape index (κ3) is 3.06. The monoisotopic (exact) mass is 225 g/mol. The van der Waals surface area contributed by atoms with Crippen LogP contribution in [0.2, 0.25) is 6.82 Å². The minimum atomic E-state index is 0.625. The normalized spacial score (nSPS) is 10.0. The number of ether oxygens (including phenoxy) is 1. The van der Waals surface area contributed by atoms with Gasteiger partial charge in [-0.2, -0.15) is 0 Å². The Morgan fingerprint density at radius 1 is 1.12 bits per heavy atom. The van der Waals surface area contributed by atoms with Crippen molar-refractivity contribution in [3.63, 3.8) is 0 Å². The quantitative estimate of drug-likeness (QED) is 0.750. The molecule has 1 aromatic heterocycles. The second-order valence-corrected chi connectivity index (χ2v) is 3.83. The highest BCUT2D eigenvalue weighted by Crippen LogP contribution is 2.18. The molecule has 0 amide bonds. The molecule has 1 radical (unpaired) electrons. The van der Waals surface area contributed by atoms with E-state index in [2.05, 4.69) is 9.97 Å². The van der Waals surface area contributed by atoms with Crippen molar-refractivity contribution in [1.29, 1.82) is 0 Å². The molecule has 1 heterocycles. The molecule has 2 rings (SSSR count). The van der Waals surface area contributed by atoms with E-state index in [1.54, 1.807) is 0 Å². The molecule has 0 saturated carbocycles. The lowest BCUT2D eigenvalue weighted by Crippen LogP contribution is -2.02. The molecule has 4 heteroatoms. The number of rotatable bonds is 4. The average Bonchev–Trinajstić information content (AvgIpc) is 2.38. The van der Waals surface area contributed by atoms with Crippen LogP contribution in [0.1, 0.15) is 5.56 Å². The highest BCUT2D eigenvalue weighted by Gasteiger charge is 2.01. The van der Waals surface area contributed by atoms with E-state index >= 15 is 0 Å². The predicted molar refractivity (Wildman–Crippen MR) is 69.3 cm³/mol. The zero-order valence-corrected chi connectivity index (χ0v) is 10.1. The van der Waals surface area contributed by atoms with E-state index in [9.17, 15) is 0 Å². The topological polar surface area (TPSA) is 35.0 Å². The molecule has 2 aromatic rings. The fourth-order valence-electron chi connectivity index (χ4n) is 1.42. The second-order valence-electron chi connectivity index (χ2n) is 3.83. The molecule has 0 spiro atoms. The largest absolute Gasteiger partial charge is 0.503 e. The van der Waals surface area contributed by atoms with Crippen LogP contribution in [-0.4, -0.2) is 23.8 Å². The van der Waals surface area contributed by atoms with Crippen molar-refractivity contribution in [2.24, 2.45) is 0 Å². The molecule has 0 aliphatic rings. The molecule has 0 fully saturated rings. The fraction of sp³-hybridized carbons (Fsp3) is 0.231. The molecule has 17 heavy (non-hydrogen) atoms. The van der Waals surface area contributed by atoms with Crippen LogP contribution in [0.4, 0.5) is 0 Å². The molecule has 0 bridgehead atoms. The Labute approximate surface area is 102 Å². The zero-order valence-electron chi connectivity index (χ0n) is 10.1. The minimum absolute atomic E-state index is 0.625. The van der Waals surface area contributed by atoms with Gasteiger partial charge >= 0.3 is 0 Å². The van der Waals surface area contributed by atoms with Crippen molar-refractivity contribution in [2.75, 3.05) is 6.51 Å². The van der Waals surface area contributed by atoms with Gasteiger partial charge in [0.1, 0.15) is 5.75 Å². The minimum Gasteiger partial charge on any atom is -0.503 e. The molecule has 0 atom stereocenters. The summed E-state index contributed by atoms with van der Waals surface area (Å²) in [6.07, 6.45) is 3.64. The van der Waals surface area contributed by atoms with E-state index < -0.39 is 0 Å². The summed E-state index contributed by atoms with van der Waals surface area (Å²) in [5, 5.41) is 0. The summed E-state index contributed by atoms with van der Waals surface area (Å²) in [6, 6.07) is 7.80. The molecular weight excluding hydrogens is 211 g/mol. The number of aryl methyl sites for hydroxylation is 1. The van der Waals surface area contributed by atoms with E-state index in [0.717, 1.165) is 22.7 Å². The van der Waals surface area contributed by atoms with Gasteiger partial charge in [0.15, 0.2) is 13.1 Å². The third-order valence-electron chi connectivity index (χ3n) is 2.31. The van der Waals surface area contributed by atoms with Crippen LogP contribution in [0.5, 0.6) is 5.75 Å². The standard InChI is InChI=1S/C13H14BN2O/c1-10-7-15-13(16-8-10)11-3-5-12(6-4-11)17-9-14-2/h3-8H,9H2,1-2H3. The molecule has 1 aromatic carbocycles. The van der Waals surface area contributed by atoms with Crippen molar-refractivity contribution < 1.29 is 4.74 Å². The van der Waals surface area contributed by atoms with Gasteiger partial charge in [0, 0.05) is 18.0 Å². The Balaban J connectivity index is 2.14. The lowest BCUT2D eigenvalue weighted by atomic mass is 9.85. The zero-order chi connectivity index (χ0) is 12.1. The van der Waals surface area contributed by atoms with Crippen LogP contribution in [0.3, 0.4) is 0 Å². The Morgan fingerprint density at radius 2 is 1.76 bits per heavy atom. The van der Waals surface area contributed by atoms with Crippen molar-refractivity contribution >= 4 is 7.28 Å². The van der Waals surface area contributed by atoms with E-state index in [1.807, 2.05) is 57.7 Å². The second kappa shape index (κ2) is 5.48. The first-order valence-corrected chi connectivity index (χ1v) is 5.59. The van der Waals surface area contributed by atoms with Crippen LogP contribution in [0.15, 0.2) is 36.7 Å². The summed E-state index contributed by atoms with van der Waals surface area (Å²) in [7, 11) is 1.97. The van der Waals surface area contributed by atoms with Gasteiger partial charge in [0.25, 0.3) is 0 Å². The highest BCUT2D eigenvalue weighted by molar-refractivity contribution is 6.33. The van der Waals surface area contributed by atoms with Gasteiger partial charge in [-0.25, -0.2) is 9.97 Å². The van der Waals surface area contributed by atoms with E-state index in [0.29, 0.717) is 6.51 Å². The molecule has 85 valence electrons. The van der Waals surface area contributed by atoms with E-state index in [1.165, 1.54) is 0 Å². The van der Waals surface area contributed by atoms with Gasteiger partial charge in [-0.15, -0.1) is 0 Å². The first-order chi connectivity index (χ1) is 8.29. The van der Waals surface area contributed by atoms with Crippen molar-refractivity contribution in [3.05, 3.63) is 42.2 Å². The van der Waals surface area contributed by atoms with Gasteiger partial charge in [-0.1, -0.05) is 6.82 Å². The van der Waals surface area contributed by atoms with Crippen molar-refractivity contribution in [3.8, 4) is 17.1 Å². The van der Waals surface area contributed by atoms with Crippen LogP contribution in [0, 0.1) is 6.92 Å². The predicted octanol–water partition coefficient (Wildman–Crippen LogP) is 2.54. The van der Waals surface area contributed by atoms with Gasteiger partial charge in [-0.05, 0) is 36.8 Å². The summed E-state index contributed by atoms with van der Waals surface area (Å²) in [5.41, 5.74) is 2.06. The van der Waals surface area contributed by atoms with Gasteiger partial charge in [0.2, 0.25) is 0 Å². The Bertz CT molecular complexity index is 468. The first kappa shape index (κ1) is 11.6. The van der Waals surface area contributed by atoms with Crippen LogP contribution < -0.4 is 4.74 Å². The lowest BCUT2D eigenvalue weighted by Gasteiger charge is -2.05. The summed E-state index contributed by atoms with van der Waals surface area (Å²) in [6.45, 7) is 4.57. The van der Waals surface area contributed by atoms with E-state index in [-0.39, 0.29) is 0 Å². The maximum Gasteiger partial charge on any atom is 0.159 e. The highest BCUT2D eigenvalue weighted by atomic mass is 16.5. The summed E-state index contributed by atoms with van der Waals surface area (Å²) in [4.78, 5) is 8.56. The third-order valence-corrected chi connectivity index (χ3v) is 2.31. The number of aromatic nitrogens is 2. The van der Waals surface area contributed by atoms with Crippen LogP contribution in [0.25, 0.3) is 11.4 Å². The SMILES string of the molecule is C[B]COc1ccc(-c2ncc(C)cn2)cc1. The molecule has 0 unspecified atom stereocenters. The molecule has 0 saturated heterocycles. The van der Waals surface area contributed by atoms with Crippen molar-refractivity contribution in [2.45, 2.75) is 13.7 Å². The first-order valence-electron chi connectivity index (χ1n) is 5.59. The Morgan fingerprint density at radius 3 is 2.35 bits per heavy atom. The fourth-order valence-corrected chi connectivity index (χ4v) is 1.42. The summed E-state index contributed by atoms with van der Waals surface area (Å²) in [5.74, 6) is 1.60. The number of nitrogens with zero attached hydrogens (tertiary/aromatic N) is 2. The summed E-state index contributed by atoms with van der Waals surface area (Å²) >= 11 is 0. The molecule has 0 N–H and O–H groups in total. The average molecular weight is 225 g/mol. The van der Waals surface area contributed by atoms with Gasteiger partial charge in [-0.3, -0.25) is 0 Å². The molecule has 3 nitrogen and oxygen atoms in total.